The first kappa shape index (κ1) is 12.8. The van der Waals surface area contributed by atoms with Crippen molar-refractivity contribution in [3.8, 4) is 0 Å². The van der Waals surface area contributed by atoms with E-state index >= 15 is 0 Å². The van der Waals surface area contributed by atoms with E-state index in [4.69, 9.17) is 0 Å². The Morgan fingerprint density at radius 2 is 2.05 bits per heavy atom. The zero-order chi connectivity index (χ0) is 14.1. The molecule has 0 unspecified atom stereocenters. The summed E-state index contributed by atoms with van der Waals surface area (Å²) in [6, 6.07) is 4.16. The van der Waals surface area contributed by atoms with Crippen molar-refractivity contribution in [2.24, 2.45) is 14.1 Å². The van der Waals surface area contributed by atoms with Crippen LogP contribution in [0.3, 0.4) is 0 Å². The summed E-state index contributed by atoms with van der Waals surface area (Å²) in [4.78, 5) is 4.47. The third-order valence-electron chi connectivity index (χ3n) is 3.32. The van der Waals surface area contributed by atoms with Gasteiger partial charge in [0, 0.05) is 45.0 Å². The lowest BCUT2D eigenvalue weighted by molar-refractivity contribution is 0.655. The van der Waals surface area contributed by atoms with Crippen LogP contribution in [-0.2, 0) is 27.2 Å². The van der Waals surface area contributed by atoms with E-state index in [2.05, 4.69) is 26.6 Å². The first-order valence-electron chi connectivity index (χ1n) is 6.61. The minimum absolute atomic E-state index is 0.755. The fourth-order valence-corrected chi connectivity index (χ4v) is 2.34. The third-order valence-corrected chi connectivity index (χ3v) is 3.32. The molecule has 6 nitrogen and oxygen atoms in total. The van der Waals surface area contributed by atoms with Crippen LogP contribution >= 0.6 is 0 Å². The standard InChI is InChI=1S/C14H18N6/c1-10-13-6-11(8-16-14(13)20(3)17-10)7-15-9-12-4-5-19(2)18-12/h4-6,8,15H,7,9H2,1-3H3. The Balaban J connectivity index is 1.70. The molecule has 3 aromatic heterocycles. The maximum Gasteiger partial charge on any atom is 0.157 e. The van der Waals surface area contributed by atoms with Gasteiger partial charge in [-0.1, -0.05) is 0 Å². The number of aryl methyl sites for hydroxylation is 3. The number of hydrogen-bond acceptors (Lipinski definition) is 4. The summed E-state index contributed by atoms with van der Waals surface area (Å²) in [5.41, 5.74) is 4.14. The van der Waals surface area contributed by atoms with Crippen LogP contribution in [0.5, 0.6) is 0 Å². The van der Waals surface area contributed by atoms with Gasteiger partial charge in [-0.05, 0) is 24.6 Å². The van der Waals surface area contributed by atoms with E-state index in [-0.39, 0.29) is 0 Å². The van der Waals surface area contributed by atoms with Crippen molar-refractivity contribution in [2.75, 3.05) is 0 Å². The monoisotopic (exact) mass is 270 g/mol. The Kier molecular flexibility index (Phi) is 3.23. The second kappa shape index (κ2) is 5.05. The smallest absolute Gasteiger partial charge is 0.157 e. The highest BCUT2D eigenvalue weighted by Crippen LogP contribution is 2.16. The van der Waals surface area contributed by atoms with Gasteiger partial charge in [-0.15, -0.1) is 0 Å². The lowest BCUT2D eigenvalue weighted by Gasteiger charge is -2.03. The summed E-state index contributed by atoms with van der Waals surface area (Å²) in [6.45, 7) is 3.54. The lowest BCUT2D eigenvalue weighted by Crippen LogP contribution is -2.13. The molecule has 20 heavy (non-hydrogen) atoms. The summed E-state index contributed by atoms with van der Waals surface area (Å²) in [5.74, 6) is 0. The van der Waals surface area contributed by atoms with Crippen LogP contribution in [0.4, 0.5) is 0 Å². The number of pyridine rings is 1. The predicted octanol–water partition coefficient (Wildman–Crippen LogP) is 1.30. The largest absolute Gasteiger partial charge is 0.307 e. The quantitative estimate of drug-likeness (QED) is 0.776. The average Bonchev–Trinajstić information content (AvgIpc) is 2.95. The van der Waals surface area contributed by atoms with Crippen LogP contribution in [0.15, 0.2) is 24.5 Å². The van der Waals surface area contributed by atoms with Crippen molar-refractivity contribution in [3.63, 3.8) is 0 Å². The fraction of sp³-hybridized carbons (Fsp3) is 0.357. The molecule has 0 radical (unpaired) electrons. The van der Waals surface area contributed by atoms with Crippen LogP contribution in [0.2, 0.25) is 0 Å². The molecule has 6 heteroatoms. The molecule has 0 amide bonds. The first-order chi connectivity index (χ1) is 9.63. The third kappa shape index (κ3) is 2.42. The van der Waals surface area contributed by atoms with Crippen LogP contribution in [-0.4, -0.2) is 24.5 Å². The Labute approximate surface area is 117 Å². The van der Waals surface area contributed by atoms with Crippen molar-refractivity contribution in [1.82, 2.24) is 29.9 Å². The van der Waals surface area contributed by atoms with Gasteiger partial charge >= 0.3 is 0 Å². The molecule has 0 aliphatic rings. The van der Waals surface area contributed by atoms with Gasteiger partial charge in [-0.2, -0.15) is 10.2 Å². The highest BCUT2D eigenvalue weighted by atomic mass is 15.3. The minimum atomic E-state index is 0.755. The zero-order valence-electron chi connectivity index (χ0n) is 12.0. The fourth-order valence-electron chi connectivity index (χ4n) is 2.34. The van der Waals surface area contributed by atoms with Gasteiger partial charge in [0.2, 0.25) is 0 Å². The van der Waals surface area contributed by atoms with E-state index in [0.29, 0.717) is 0 Å². The van der Waals surface area contributed by atoms with E-state index < -0.39 is 0 Å². The summed E-state index contributed by atoms with van der Waals surface area (Å²) in [5, 5.41) is 13.2. The molecule has 104 valence electrons. The summed E-state index contributed by atoms with van der Waals surface area (Å²) < 4.78 is 3.62. The molecule has 0 saturated heterocycles. The maximum atomic E-state index is 4.47. The summed E-state index contributed by atoms with van der Waals surface area (Å²) in [7, 11) is 3.84. The number of aromatic nitrogens is 5. The van der Waals surface area contributed by atoms with Crippen molar-refractivity contribution in [2.45, 2.75) is 20.0 Å². The molecule has 3 aromatic rings. The van der Waals surface area contributed by atoms with Crippen molar-refractivity contribution in [1.29, 1.82) is 0 Å². The number of rotatable bonds is 4. The van der Waals surface area contributed by atoms with E-state index in [9.17, 15) is 0 Å². The van der Waals surface area contributed by atoms with E-state index in [1.165, 1.54) is 0 Å². The molecule has 0 aliphatic carbocycles. The van der Waals surface area contributed by atoms with Crippen LogP contribution in [0.1, 0.15) is 17.0 Å². The molecule has 0 aromatic carbocycles. The normalized spacial score (nSPS) is 11.3. The Morgan fingerprint density at radius 1 is 1.20 bits per heavy atom. The lowest BCUT2D eigenvalue weighted by atomic mass is 10.2. The number of fused-ring (bicyclic) bond motifs is 1. The second-order valence-corrected chi connectivity index (χ2v) is 5.01. The summed E-state index contributed by atoms with van der Waals surface area (Å²) in [6.07, 6.45) is 3.85. The number of nitrogens with zero attached hydrogens (tertiary/aromatic N) is 5. The molecule has 0 aliphatic heterocycles. The highest BCUT2D eigenvalue weighted by molar-refractivity contribution is 5.78. The topological polar surface area (TPSA) is 60.6 Å². The van der Waals surface area contributed by atoms with E-state index in [0.717, 1.165) is 41.1 Å². The highest BCUT2D eigenvalue weighted by Gasteiger charge is 2.06. The van der Waals surface area contributed by atoms with Gasteiger partial charge in [-0.25, -0.2) is 4.98 Å². The number of hydrogen-bond donors (Lipinski definition) is 1. The molecule has 0 atom stereocenters. The molecular weight excluding hydrogens is 252 g/mol. The van der Waals surface area contributed by atoms with Gasteiger partial charge in [-0.3, -0.25) is 9.36 Å². The van der Waals surface area contributed by atoms with Gasteiger partial charge in [0.05, 0.1) is 11.4 Å². The van der Waals surface area contributed by atoms with Crippen molar-refractivity contribution < 1.29 is 0 Å². The molecule has 0 bridgehead atoms. The average molecular weight is 270 g/mol. The SMILES string of the molecule is Cc1nn(C)c2ncc(CNCc3ccn(C)n3)cc12. The van der Waals surface area contributed by atoms with Gasteiger partial charge in [0.15, 0.2) is 5.65 Å². The van der Waals surface area contributed by atoms with Crippen LogP contribution in [0, 0.1) is 6.92 Å². The first-order valence-corrected chi connectivity index (χ1v) is 6.61. The van der Waals surface area contributed by atoms with Crippen molar-refractivity contribution >= 4 is 11.0 Å². The van der Waals surface area contributed by atoms with Gasteiger partial charge < -0.3 is 5.32 Å². The van der Waals surface area contributed by atoms with E-state index in [1.807, 2.05) is 48.8 Å². The Bertz CT molecular complexity index is 739. The van der Waals surface area contributed by atoms with Gasteiger partial charge in [0.25, 0.3) is 0 Å². The second-order valence-electron chi connectivity index (χ2n) is 5.01. The Morgan fingerprint density at radius 3 is 2.80 bits per heavy atom. The molecule has 3 heterocycles. The number of nitrogens with one attached hydrogen (secondary N) is 1. The molecule has 0 fully saturated rings. The molecule has 3 rings (SSSR count). The predicted molar refractivity (Wildman–Crippen MR) is 77.0 cm³/mol. The van der Waals surface area contributed by atoms with Crippen LogP contribution < -0.4 is 5.32 Å². The molecule has 0 spiro atoms. The molecule has 0 saturated carbocycles. The summed E-state index contributed by atoms with van der Waals surface area (Å²) >= 11 is 0. The van der Waals surface area contributed by atoms with Crippen LogP contribution in [0.25, 0.3) is 11.0 Å². The zero-order valence-corrected chi connectivity index (χ0v) is 12.0. The molecule has 1 N–H and O–H groups in total. The Hall–Kier alpha value is -2.21. The minimum Gasteiger partial charge on any atom is -0.307 e. The van der Waals surface area contributed by atoms with E-state index in [1.54, 1.807) is 0 Å². The van der Waals surface area contributed by atoms with Gasteiger partial charge in [0.1, 0.15) is 0 Å². The maximum absolute atomic E-state index is 4.47. The van der Waals surface area contributed by atoms with Crippen molar-refractivity contribution in [3.05, 3.63) is 41.5 Å². The molecular formula is C14H18N6.